The number of aromatic nitrogens is 2. The Morgan fingerprint density at radius 3 is 2.10 bits per heavy atom. The molecular weight excluding hydrogens is 557 g/mol. The molecule has 0 aliphatic rings. The van der Waals surface area contributed by atoms with Gasteiger partial charge >= 0.3 is 11.7 Å². The number of anilines is 1. The fourth-order valence-electron chi connectivity index (χ4n) is 3.13. The second-order valence-corrected chi connectivity index (χ2v) is 7.73. The van der Waals surface area contributed by atoms with E-state index in [2.05, 4.69) is 30.3 Å². The molecule has 1 heterocycles. The zero-order valence-corrected chi connectivity index (χ0v) is 20.3. The van der Waals surface area contributed by atoms with Crippen molar-refractivity contribution in [2.24, 2.45) is 0 Å². The number of esters is 1. The summed E-state index contributed by atoms with van der Waals surface area (Å²) in [5.41, 5.74) is 0.460. The van der Waals surface area contributed by atoms with Gasteiger partial charge in [-0.1, -0.05) is 0 Å². The molecule has 3 rings (SSSR count). The van der Waals surface area contributed by atoms with Crippen LogP contribution < -0.4 is 15.4 Å². The standard InChI is InChI=1S/C22H20F5N5O8/c23-15-16(24)18(26)22(19(27)17(15)25)39-14(34)4-3-13(33)29-6-8-38-10-9-37-7-5-28-11-1-2-12(32(35)36)21-20(11)30-40-31-21/h1-2,28H,3-10H2,(H,29,33). The summed E-state index contributed by atoms with van der Waals surface area (Å²) in [7, 11) is 0. The monoisotopic (exact) mass is 577 g/mol. The average molecular weight is 577 g/mol. The molecule has 0 aliphatic heterocycles. The zero-order valence-electron chi connectivity index (χ0n) is 20.3. The maximum absolute atomic E-state index is 13.5. The molecule has 13 nitrogen and oxygen atoms in total. The Morgan fingerprint density at radius 1 is 0.850 bits per heavy atom. The number of fused-ring (bicyclic) bond motifs is 1. The third-order valence-corrected chi connectivity index (χ3v) is 5.03. The molecule has 0 saturated heterocycles. The average Bonchev–Trinajstić information content (AvgIpc) is 3.43. The molecule has 0 fully saturated rings. The zero-order chi connectivity index (χ0) is 29.2. The van der Waals surface area contributed by atoms with Gasteiger partial charge in [0.15, 0.2) is 5.52 Å². The van der Waals surface area contributed by atoms with Crippen LogP contribution in [-0.2, 0) is 19.1 Å². The number of carbonyl (C=O) groups is 2. The van der Waals surface area contributed by atoms with Crippen LogP contribution >= 0.6 is 0 Å². The van der Waals surface area contributed by atoms with Gasteiger partial charge < -0.3 is 24.8 Å². The van der Waals surface area contributed by atoms with Crippen LogP contribution in [0.5, 0.6) is 5.75 Å². The topological polar surface area (TPSA) is 168 Å². The molecular formula is C22H20F5N5O8. The van der Waals surface area contributed by atoms with Gasteiger partial charge in [-0.2, -0.15) is 8.78 Å². The highest BCUT2D eigenvalue weighted by Gasteiger charge is 2.28. The van der Waals surface area contributed by atoms with E-state index in [1.54, 1.807) is 0 Å². The number of carbonyl (C=O) groups excluding carboxylic acids is 2. The molecule has 0 atom stereocenters. The van der Waals surface area contributed by atoms with Crippen molar-refractivity contribution in [1.29, 1.82) is 0 Å². The number of nitro groups is 1. The van der Waals surface area contributed by atoms with Crippen molar-refractivity contribution in [2.75, 3.05) is 44.8 Å². The van der Waals surface area contributed by atoms with Gasteiger partial charge in [0, 0.05) is 25.6 Å². The van der Waals surface area contributed by atoms with Crippen molar-refractivity contribution in [1.82, 2.24) is 15.6 Å². The van der Waals surface area contributed by atoms with E-state index in [1.165, 1.54) is 12.1 Å². The predicted octanol–water partition coefficient (Wildman–Crippen LogP) is 2.77. The summed E-state index contributed by atoms with van der Waals surface area (Å²) in [4.78, 5) is 33.8. The smallest absolute Gasteiger partial charge is 0.311 e. The second-order valence-electron chi connectivity index (χ2n) is 7.73. The number of non-ortho nitro benzene ring substituents is 1. The minimum Gasteiger partial charge on any atom is -0.420 e. The largest absolute Gasteiger partial charge is 0.420 e. The Hall–Kier alpha value is -4.45. The van der Waals surface area contributed by atoms with Crippen LogP contribution in [0.1, 0.15) is 12.8 Å². The first-order valence-corrected chi connectivity index (χ1v) is 11.4. The molecule has 0 bridgehead atoms. The Morgan fingerprint density at radius 2 is 1.45 bits per heavy atom. The van der Waals surface area contributed by atoms with Gasteiger partial charge in [-0.15, -0.1) is 0 Å². The number of amides is 1. The van der Waals surface area contributed by atoms with Crippen molar-refractivity contribution in [3.63, 3.8) is 0 Å². The number of nitro benzene ring substituents is 1. The highest BCUT2D eigenvalue weighted by atomic mass is 19.2. The fraction of sp³-hybridized carbons (Fsp3) is 0.364. The van der Waals surface area contributed by atoms with Crippen molar-refractivity contribution >= 4 is 34.3 Å². The lowest BCUT2D eigenvalue weighted by molar-refractivity contribution is -0.383. The molecule has 2 N–H and O–H groups in total. The van der Waals surface area contributed by atoms with Crippen LogP contribution in [-0.4, -0.2) is 66.6 Å². The fourth-order valence-corrected chi connectivity index (χ4v) is 3.13. The number of rotatable bonds is 15. The Labute approximate surface area is 220 Å². The van der Waals surface area contributed by atoms with E-state index in [4.69, 9.17) is 9.47 Å². The number of benzene rings is 2. The van der Waals surface area contributed by atoms with Crippen molar-refractivity contribution in [3.05, 3.63) is 51.3 Å². The third-order valence-electron chi connectivity index (χ3n) is 5.03. The van der Waals surface area contributed by atoms with Gasteiger partial charge in [0.25, 0.3) is 0 Å². The van der Waals surface area contributed by atoms with Gasteiger partial charge in [-0.05, 0) is 16.4 Å². The summed E-state index contributed by atoms with van der Waals surface area (Å²) in [5.74, 6) is -15.3. The van der Waals surface area contributed by atoms with E-state index in [9.17, 15) is 41.7 Å². The molecule has 3 aromatic rings. The van der Waals surface area contributed by atoms with Crippen LogP contribution in [0.4, 0.5) is 33.3 Å². The van der Waals surface area contributed by atoms with Gasteiger partial charge in [0.2, 0.25) is 46.3 Å². The number of hydrogen-bond donors (Lipinski definition) is 2. The minimum absolute atomic E-state index is 0.0143. The van der Waals surface area contributed by atoms with Gasteiger partial charge in [0.1, 0.15) is 0 Å². The molecule has 1 amide bonds. The van der Waals surface area contributed by atoms with E-state index < -0.39 is 64.5 Å². The summed E-state index contributed by atoms with van der Waals surface area (Å²) in [5, 5.41) is 23.6. The Kier molecular flexibility index (Phi) is 10.6. The number of ether oxygens (including phenoxy) is 3. The first kappa shape index (κ1) is 30.1. The summed E-state index contributed by atoms with van der Waals surface area (Å²) in [6, 6.07) is 2.74. The van der Waals surface area contributed by atoms with Crippen LogP contribution in [0.25, 0.3) is 11.0 Å². The van der Waals surface area contributed by atoms with Gasteiger partial charge in [-0.25, -0.2) is 17.8 Å². The Balaban J connectivity index is 1.24. The third kappa shape index (κ3) is 7.56. The second kappa shape index (κ2) is 14.1. The molecule has 2 aromatic carbocycles. The number of nitrogens with one attached hydrogen (secondary N) is 2. The van der Waals surface area contributed by atoms with Crippen molar-refractivity contribution in [3.8, 4) is 5.75 Å². The summed E-state index contributed by atoms with van der Waals surface area (Å²) >= 11 is 0. The summed E-state index contributed by atoms with van der Waals surface area (Å²) in [6.07, 6.45) is -1.16. The first-order chi connectivity index (χ1) is 19.1. The molecule has 0 aliphatic carbocycles. The lowest BCUT2D eigenvalue weighted by atomic mass is 10.2. The molecule has 1 aromatic heterocycles. The molecule has 0 spiro atoms. The molecule has 40 heavy (non-hydrogen) atoms. The maximum Gasteiger partial charge on any atom is 0.311 e. The van der Waals surface area contributed by atoms with E-state index in [1.807, 2.05) is 0 Å². The van der Waals surface area contributed by atoms with E-state index in [-0.39, 0.29) is 49.7 Å². The van der Waals surface area contributed by atoms with Crippen LogP contribution in [0, 0.1) is 39.2 Å². The lowest BCUT2D eigenvalue weighted by Crippen LogP contribution is -2.28. The van der Waals surface area contributed by atoms with Crippen molar-refractivity contribution < 1.29 is 55.3 Å². The molecule has 18 heteroatoms. The molecule has 216 valence electrons. The molecule has 0 saturated carbocycles. The summed E-state index contributed by atoms with van der Waals surface area (Å²) < 4.78 is 85.8. The number of hydrogen-bond acceptors (Lipinski definition) is 11. The lowest BCUT2D eigenvalue weighted by Gasteiger charge is -2.09. The SMILES string of the molecule is O=C(CCC(=O)Oc1c(F)c(F)c(F)c(F)c1F)NCCOCCOCCNc1ccc([N+](=O)[O-])c2nonc12. The quantitative estimate of drug-likeness (QED) is 0.0398. The van der Waals surface area contributed by atoms with Crippen LogP contribution in [0.3, 0.4) is 0 Å². The molecule has 0 unspecified atom stereocenters. The van der Waals surface area contributed by atoms with Crippen LogP contribution in [0.15, 0.2) is 16.8 Å². The van der Waals surface area contributed by atoms with Gasteiger partial charge in [0.05, 0.1) is 43.5 Å². The maximum atomic E-state index is 13.5. The highest BCUT2D eigenvalue weighted by molar-refractivity contribution is 5.93. The van der Waals surface area contributed by atoms with Gasteiger partial charge in [-0.3, -0.25) is 19.7 Å². The normalized spacial score (nSPS) is 11.0. The van der Waals surface area contributed by atoms with E-state index >= 15 is 0 Å². The predicted molar refractivity (Wildman–Crippen MR) is 123 cm³/mol. The highest BCUT2D eigenvalue weighted by Crippen LogP contribution is 2.30. The molecule has 0 radical (unpaired) electrons. The van der Waals surface area contributed by atoms with E-state index in [0.717, 1.165) is 0 Å². The number of nitrogens with zero attached hydrogens (tertiary/aromatic N) is 3. The minimum atomic E-state index is -2.40. The number of halogens is 5. The Bertz CT molecular complexity index is 1360. The van der Waals surface area contributed by atoms with E-state index in [0.29, 0.717) is 12.2 Å². The van der Waals surface area contributed by atoms with Crippen molar-refractivity contribution in [2.45, 2.75) is 12.8 Å². The van der Waals surface area contributed by atoms with Crippen LogP contribution in [0.2, 0.25) is 0 Å². The summed E-state index contributed by atoms with van der Waals surface area (Å²) in [6.45, 7) is 1.12. The first-order valence-electron chi connectivity index (χ1n) is 11.4.